The second kappa shape index (κ2) is 4.10. The van der Waals surface area contributed by atoms with Gasteiger partial charge < -0.3 is 15.2 Å². The molecular weight excluding hydrogens is 256 g/mol. The maximum Gasteiger partial charge on any atom is 0.413 e. The quantitative estimate of drug-likeness (QED) is 0.775. The smallest absolute Gasteiger partial charge is 0.413 e. The van der Waals surface area contributed by atoms with Gasteiger partial charge in [0.25, 0.3) is 0 Å². The molecule has 0 aromatic heterocycles. The summed E-state index contributed by atoms with van der Waals surface area (Å²) >= 11 is 0. The molecule has 0 aromatic rings. The molecular formula is C15H28N2O3. The van der Waals surface area contributed by atoms with Crippen molar-refractivity contribution in [3.63, 3.8) is 0 Å². The number of amides is 1. The first kappa shape index (κ1) is 15.6. The zero-order valence-corrected chi connectivity index (χ0v) is 13.7. The van der Waals surface area contributed by atoms with E-state index in [-0.39, 0.29) is 17.1 Å². The lowest BCUT2D eigenvalue weighted by atomic mass is 9.78. The molecule has 116 valence electrons. The van der Waals surface area contributed by atoms with Gasteiger partial charge in [0.05, 0.1) is 0 Å². The van der Waals surface area contributed by atoms with E-state index in [0.29, 0.717) is 0 Å². The highest BCUT2D eigenvalue weighted by Crippen LogP contribution is 2.43. The Labute approximate surface area is 121 Å². The molecule has 2 aliphatic rings. The molecule has 0 unspecified atom stereocenters. The van der Waals surface area contributed by atoms with Gasteiger partial charge in [0, 0.05) is 17.1 Å². The largest absolute Gasteiger partial charge is 0.438 e. The van der Waals surface area contributed by atoms with Crippen molar-refractivity contribution in [1.82, 2.24) is 10.2 Å². The molecule has 2 aliphatic heterocycles. The summed E-state index contributed by atoms with van der Waals surface area (Å²) in [6.45, 7) is 13.7. The molecule has 0 spiro atoms. The molecule has 5 nitrogen and oxygen atoms in total. The molecule has 20 heavy (non-hydrogen) atoms. The Hall–Kier alpha value is -0.810. The number of nitrogens with zero attached hydrogens (tertiary/aromatic N) is 1. The van der Waals surface area contributed by atoms with E-state index >= 15 is 0 Å². The molecule has 0 aromatic carbocycles. The van der Waals surface area contributed by atoms with E-state index in [4.69, 9.17) is 4.74 Å². The molecule has 1 atom stereocenters. The van der Waals surface area contributed by atoms with Gasteiger partial charge in [0.1, 0.15) is 0 Å². The molecule has 2 heterocycles. The molecule has 2 saturated heterocycles. The van der Waals surface area contributed by atoms with Crippen LogP contribution < -0.4 is 5.32 Å². The fourth-order valence-corrected chi connectivity index (χ4v) is 3.79. The highest BCUT2D eigenvalue weighted by atomic mass is 16.6. The van der Waals surface area contributed by atoms with Crippen molar-refractivity contribution in [2.45, 2.75) is 89.8 Å². The Balaban J connectivity index is 2.33. The molecule has 0 radical (unpaired) electrons. The molecule has 1 amide bonds. The van der Waals surface area contributed by atoms with Crippen LogP contribution in [-0.4, -0.2) is 44.5 Å². The van der Waals surface area contributed by atoms with Crippen molar-refractivity contribution in [2.75, 3.05) is 0 Å². The highest BCUT2D eigenvalue weighted by molar-refractivity contribution is 5.72. The number of cyclic esters (lactones) is 1. The van der Waals surface area contributed by atoms with Gasteiger partial charge in [0.15, 0.2) is 11.3 Å². The van der Waals surface area contributed by atoms with Crippen molar-refractivity contribution in [3.8, 4) is 0 Å². The number of aliphatic hydroxyl groups is 1. The monoisotopic (exact) mass is 284 g/mol. The minimum atomic E-state index is -1.29. The third-order valence-electron chi connectivity index (χ3n) is 4.68. The lowest BCUT2D eigenvalue weighted by Crippen LogP contribution is -2.66. The zero-order chi connectivity index (χ0) is 15.6. The summed E-state index contributed by atoms with van der Waals surface area (Å²) in [4.78, 5) is 13.8. The van der Waals surface area contributed by atoms with Crippen molar-refractivity contribution < 1.29 is 14.6 Å². The number of nitrogens with one attached hydrogen (secondary N) is 1. The number of carbonyl (C=O) groups is 1. The van der Waals surface area contributed by atoms with Crippen LogP contribution in [0.15, 0.2) is 0 Å². The summed E-state index contributed by atoms with van der Waals surface area (Å²) in [6.07, 6.45) is 1.16. The Morgan fingerprint density at radius 1 is 1.10 bits per heavy atom. The van der Waals surface area contributed by atoms with Gasteiger partial charge >= 0.3 is 6.09 Å². The van der Waals surface area contributed by atoms with Crippen LogP contribution >= 0.6 is 0 Å². The number of carbonyl (C=O) groups excluding carboxylic acids is 1. The van der Waals surface area contributed by atoms with Gasteiger partial charge in [-0.25, -0.2) is 4.79 Å². The number of rotatable bonds is 1. The second-order valence-electron chi connectivity index (χ2n) is 8.22. The molecule has 0 bridgehead atoms. The summed E-state index contributed by atoms with van der Waals surface area (Å²) in [5.74, 6) is 0. The molecule has 2 rings (SSSR count). The van der Waals surface area contributed by atoms with Crippen LogP contribution in [0.4, 0.5) is 4.79 Å². The Morgan fingerprint density at radius 3 is 1.90 bits per heavy atom. The lowest BCUT2D eigenvalue weighted by molar-refractivity contribution is -0.144. The van der Waals surface area contributed by atoms with Crippen molar-refractivity contribution in [1.29, 1.82) is 0 Å². The summed E-state index contributed by atoms with van der Waals surface area (Å²) in [7, 11) is 0. The number of hydrogen-bond acceptors (Lipinski definition) is 4. The maximum atomic E-state index is 12.3. The van der Waals surface area contributed by atoms with Crippen molar-refractivity contribution in [2.24, 2.45) is 0 Å². The van der Waals surface area contributed by atoms with Crippen molar-refractivity contribution >= 4 is 6.09 Å². The molecule has 2 fully saturated rings. The predicted molar refractivity (Wildman–Crippen MR) is 77.3 cm³/mol. The van der Waals surface area contributed by atoms with Gasteiger partial charge in [0.2, 0.25) is 0 Å². The lowest BCUT2D eigenvalue weighted by Gasteiger charge is -2.50. The minimum absolute atomic E-state index is 0.0366. The first-order chi connectivity index (χ1) is 8.78. The van der Waals surface area contributed by atoms with E-state index < -0.39 is 17.4 Å². The number of ether oxygens (including phenoxy) is 1. The first-order valence-electron chi connectivity index (χ1n) is 7.31. The Kier molecular flexibility index (Phi) is 3.20. The third-order valence-corrected chi connectivity index (χ3v) is 4.68. The van der Waals surface area contributed by atoms with Crippen LogP contribution in [-0.2, 0) is 4.74 Å². The van der Waals surface area contributed by atoms with Gasteiger partial charge in [-0.2, -0.15) is 0 Å². The average Bonchev–Trinajstić information content (AvgIpc) is 2.24. The van der Waals surface area contributed by atoms with Crippen LogP contribution in [0, 0.1) is 0 Å². The summed E-state index contributed by atoms with van der Waals surface area (Å²) in [6, 6.07) is -0.0366. The third kappa shape index (κ3) is 2.42. The minimum Gasteiger partial charge on any atom is -0.438 e. The van der Waals surface area contributed by atoms with Gasteiger partial charge in [-0.1, -0.05) is 0 Å². The fraction of sp³-hybridized carbons (Fsp3) is 0.933. The standard InChI is InChI=1S/C15H28N2O3/c1-12(2)8-10(9-13(3,4)16-12)17-11(18)20-14(5,6)15(17,7)19/h10,16,19H,8-9H2,1-7H3/t15-/m1/s1. The van der Waals surface area contributed by atoms with E-state index in [2.05, 4.69) is 33.0 Å². The zero-order valence-electron chi connectivity index (χ0n) is 13.7. The van der Waals surface area contributed by atoms with E-state index in [1.165, 1.54) is 4.90 Å². The van der Waals surface area contributed by atoms with Crippen LogP contribution in [0.2, 0.25) is 0 Å². The maximum absolute atomic E-state index is 12.3. The van der Waals surface area contributed by atoms with Crippen LogP contribution in [0.1, 0.15) is 61.3 Å². The summed E-state index contributed by atoms with van der Waals surface area (Å²) in [5.41, 5.74) is -2.37. The molecule has 2 N–H and O–H groups in total. The first-order valence-corrected chi connectivity index (χ1v) is 7.31. The van der Waals surface area contributed by atoms with E-state index in [1.54, 1.807) is 20.8 Å². The summed E-state index contributed by atoms with van der Waals surface area (Å²) in [5, 5.41) is 14.4. The second-order valence-corrected chi connectivity index (χ2v) is 8.22. The van der Waals surface area contributed by atoms with Crippen molar-refractivity contribution in [3.05, 3.63) is 0 Å². The predicted octanol–water partition coefficient (Wildman–Crippen LogP) is 2.23. The van der Waals surface area contributed by atoms with Gasteiger partial charge in [-0.15, -0.1) is 0 Å². The van der Waals surface area contributed by atoms with E-state index in [0.717, 1.165) is 12.8 Å². The van der Waals surface area contributed by atoms with Gasteiger partial charge in [-0.3, -0.25) is 4.90 Å². The SMILES string of the molecule is CC1(C)CC(N2C(=O)OC(C)(C)[C@@]2(C)O)CC(C)(C)N1. The molecule has 0 saturated carbocycles. The average molecular weight is 284 g/mol. The number of piperidine rings is 1. The highest BCUT2D eigenvalue weighted by Gasteiger charge is 2.60. The van der Waals surface area contributed by atoms with Gasteiger partial charge in [-0.05, 0) is 61.3 Å². The Bertz CT molecular complexity index is 411. The summed E-state index contributed by atoms with van der Waals surface area (Å²) < 4.78 is 5.38. The van der Waals surface area contributed by atoms with Crippen LogP contribution in [0.5, 0.6) is 0 Å². The number of hydrogen-bond donors (Lipinski definition) is 2. The molecule has 0 aliphatic carbocycles. The molecule has 5 heteroatoms. The van der Waals surface area contributed by atoms with Crippen LogP contribution in [0.3, 0.4) is 0 Å². The topological polar surface area (TPSA) is 61.8 Å². The van der Waals surface area contributed by atoms with E-state index in [9.17, 15) is 9.90 Å². The normalized spacial score (nSPS) is 36.0. The van der Waals surface area contributed by atoms with Crippen LogP contribution in [0.25, 0.3) is 0 Å². The fourth-order valence-electron chi connectivity index (χ4n) is 3.79. The van der Waals surface area contributed by atoms with E-state index in [1.807, 2.05) is 0 Å². The Morgan fingerprint density at radius 2 is 1.55 bits per heavy atom.